The number of nitrogens with zero attached hydrogens (tertiary/aromatic N) is 1. The maximum atomic E-state index is 12.4. The van der Waals surface area contributed by atoms with Gasteiger partial charge in [-0.3, -0.25) is 9.59 Å². The van der Waals surface area contributed by atoms with Crippen molar-refractivity contribution in [1.82, 2.24) is 10.3 Å². The molecule has 0 spiro atoms. The number of rotatable bonds is 8. The molecule has 1 unspecified atom stereocenters. The maximum absolute atomic E-state index is 12.4. The molecular weight excluding hydrogens is 387 g/mol. The molecule has 2 atom stereocenters. The Balaban J connectivity index is 0.00000338. The van der Waals surface area contributed by atoms with Crippen LogP contribution in [0.5, 0.6) is 0 Å². The summed E-state index contributed by atoms with van der Waals surface area (Å²) in [5.74, 6) is -1.26. The predicted molar refractivity (Wildman–Crippen MR) is 112 cm³/mol. The van der Waals surface area contributed by atoms with Crippen molar-refractivity contribution in [1.29, 1.82) is 0 Å². The molecule has 0 aliphatic heterocycles. The van der Waals surface area contributed by atoms with Gasteiger partial charge in [0.2, 0.25) is 11.8 Å². The van der Waals surface area contributed by atoms with Crippen molar-refractivity contribution < 1.29 is 9.59 Å². The van der Waals surface area contributed by atoms with Crippen molar-refractivity contribution >= 4 is 42.4 Å². The van der Waals surface area contributed by atoms with Gasteiger partial charge in [-0.2, -0.15) is 0 Å². The SMILES string of the molecule is C[C@H](C(=O)NCc1ccnc(N)c1)C(CCc1ccccc1)C(N)=O.Cl.Cl. The number of anilines is 1. The second-order valence-corrected chi connectivity index (χ2v) is 6.13. The Kier molecular flexibility index (Phi) is 11.1. The summed E-state index contributed by atoms with van der Waals surface area (Å²) in [6.07, 6.45) is 2.83. The summed E-state index contributed by atoms with van der Waals surface area (Å²) in [5, 5.41) is 2.83. The Labute approximate surface area is 171 Å². The monoisotopic (exact) mass is 412 g/mol. The van der Waals surface area contributed by atoms with Crippen molar-refractivity contribution in [2.75, 3.05) is 5.73 Å². The van der Waals surface area contributed by atoms with Crippen LogP contribution in [0.1, 0.15) is 24.5 Å². The molecule has 1 aromatic carbocycles. The molecule has 2 rings (SSSR count). The standard InChI is InChI=1S/C19H24N4O2.2ClH/c1-13(19(25)23-12-15-9-10-22-17(20)11-15)16(18(21)24)8-7-14-5-3-2-4-6-14;;/h2-6,9-11,13,16H,7-8,12H2,1H3,(H2,20,22)(H2,21,24)(H,23,25);2*1H/t13-,16?;;/m0../s1. The van der Waals surface area contributed by atoms with Crippen LogP contribution in [-0.2, 0) is 22.6 Å². The summed E-state index contributed by atoms with van der Waals surface area (Å²) in [7, 11) is 0. The van der Waals surface area contributed by atoms with Crippen LogP contribution < -0.4 is 16.8 Å². The molecule has 0 radical (unpaired) electrons. The Bertz CT molecular complexity index is 729. The van der Waals surface area contributed by atoms with Gasteiger partial charge in [0.25, 0.3) is 0 Å². The van der Waals surface area contributed by atoms with E-state index in [1.54, 1.807) is 25.3 Å². The van der Waals surface area contributed by atoms with Gasteiger partial charge in [0.1, 0.15) is 5.82 Å². The Morgan fingerprint density at radius 1 is 1.11 bits per heavy atom. The highest BCUT2D eigenvalue weighted by Gasteiger charge is 2.28. The first-order chi connectivity index (χ1) is 12.0. The van der Waals surface area contributed by atoms with E-state index in [-0.39, 0.29) is 30.7 Å². The number of pyridine rings is 1. The number of nitrogens with two attached hydrogens (primary N) is 2. The van der Waals surface area contributed by atoms with Crippen molar-refractivity contribution in [3.63, 3.8) is 0 Å². The minimum atomic E-state index is -0.511. The van der Waals surface area contributed by atoms with E-state index < -0.39 is 17.7 Å². The average molecular weight is 413 g/mol. The van der Waals surface area contributed by atoms with Crippen LogP contribution in [0.3, 0.4) is 0 Å². The number of aryl methyl sites for hydroxylation is 1. The van der Waals surface area contributed by atoms with Crippen LogP contribution in [0.15, 0.2) is 48.7 Å². The zero-order valence-corrected chi connectivity index (χ0v) is 16.8. The number of hydrogen-bond donors (Lipinski definition) is 3. The van der Waals surface area contributed by atoms with Gasteiger partial charge in [0, 0.05) is 24.6 Å². The van der Waals surface area contributed by atoms with Crippen molar-refractivity contribution in [2.24, 2.45) is 17.6 Å². The number of halogens is 2. The average Bonchev–Trinajstić information content (AvgIpc) is 2.60. The van der Waals surface area contributed by atoms with Gasteiger partial charge >= 0.3 is 0 Å². The van der Waals surface area contributed by atoms with Crippen LogP contribution in [0.4, 0.5) is 5.82 Å². The van der Waals surface area contributed by atoms with Gasteiger partial charge < -0.3 is 16.8 Å². The number of nitrogen functional groups attached to an aromatic ring is 1. The number of hydrogen-bond acceptors (Lipinski definition) is 4. The molecule has 148 valence electrons. The van der Waals surface area contributed by atoms with E-state index in [4.69, 9.17) is 11.5 Å². The zero-order chi connectivity index (χ0) is 18.2. The van der Waals surface area contributed by atoms with Gasteiger partial charge in [-0.05, 0) is 36.1 Å². The number of benzene rings is 1. The summed E-state index contributed by atoms with van der Waals surface area (Å²) >= 11 is 0. The molecule has 8 heteroatoms. The lowest BCUT2D eigenvalue weighted by Gasteiger charge is -2.20. The molecule has 0 fully saturated rings. The Morgan fingerprint density at radius 3 is 2.37 bits per heavy atom. The van der Waals surface area contributed by atoms with E-state index >= 15 is 0 Å². The van der Waals surface area contributed by atoms with Crippen molar-refractivity contribution in [2.45, 2.75) is 26.3 Å². The molecule has 2 aromatic rings. The normalized spacial score (nSPS) is 12.0. The van der Waals surface area contributed by atoms with Gasteiger partial charge in [0.15, 0.2) is 0 Å². The zero-order valence-electron chi connectivity index (χ0n) is 15.1. The molecule has 6 nitrogen and oxygen atoms in total. The molecule has 0 aliphatic carbocycles. The largest absolute Gasteiger partial charge is 0.384 e. The lowest BCUT2D eigenvalue weighted by Crippen LogP contribution is -2.39. The molecular formula is C19H26Cl2N4O2. The summed E-state index contributed by atoms with van der Waals surface area (Å²) in [6.45, 7) is 2.07. The van der Waals surface area contributed by atoms with Gasteiger partial charge in [-0.15, -0.1) is 24.8 Å². The lowest BCUT2D eigenvalue weighted by molar-refractivity contribution is -0.133. The highest BCUT2D eigenvalue weighted by Crippen LogP contribution is 2.19. The third-order valence-corrected chi connectivity index (χ3v) is 4.28. The Morgan fingerprint density at radius 2 is 1.78 bits per heavy atom. The van der Waals surface area contributed by atoms with E-state index in [1.807, 2.05) is 30.3 Å². The maximum Gasteiger partial charge on any atom is 0.223 e. The number of amides is 2. The second kappa shape index (κ2) is 12.1. The van der Waals surface area contributed by atoms with E-state index in [0.29, 0.717) is 25.2 Å². The number of nitrogens with one attached hydrogen (secondary N) is 1. The van der Waals surface area contributed by atoms with Crippen LogP contribution >= 0.6 is 24.8 Å². The molecule has 0 saturated carbocycles. The van der Waals surface area contributed by atoms with Gasteiger partial charge in [-0.1, -0.05) is 37.3 Å². The van der Waals surface area contributed by atoms with Crippen molar-refractivity contribution in [3.8, 4) is 0 Å². The van der Waals surface area contributed by atoms with Crippen LogP contribution in [0.2, 0.25) is 0 Å². The number of carbonyl (C=O) groups is 2. The quantitative estimate of drug-likeness (QED) is 0.617. The number of aromatic nitrogens is 1. The first kappa shape index (κ1) is 24.7. The minimum absolute atomic E-state index is 0. The fraction of sp³-hybridized carbons (Fsp3) is 0.316. The third-order valence-electron chi connectivity index (χ3n) is 4.28. The molecule has 5 N–H and O–H groups in total. The highest BCUT2D eigenvalue weighted by molar-refractivity contribution is 5.86. The van der Waals surface area contributed by atoms with Gasteiger partial charge in [-0.25, -0.2) is 4.98 Å². The van der Waals surface area contributed by atoms with Crippen LogP contribution in [0.25, 0.3) is 0 Å². The molecule has 2 amide bonds. The molecule has 0 saturated heterocycles. The third kappa shape index (κ3) is 7.85. The molecule has 1 heterocycles. The first-order valence-corrected chi connectivity index (χ1v) is 8.28. The molecule has 27 heavy (non-hydrogen) atoms. The van der Waals surface area contributed by atoms with E-state index in [9.17, 15) is 9.59 Å². The topological polar surface area (TPSA) is 111 Å². The lowest BCUT2D eigenvalue weighted by atomic mass is 9.87. The fourth-order valence-corrected chi connectivity index (χ4v) is 2.74. The van der Waals surface area contributed by atoms with Crippen LogP contribution in [-0.4, -0.2) is 16.8 Å². The number of carbonyl (C=O) groups excluding carboxylic acids is 2. The molecule has 0 bridgehead atoms. The van der Waals surface area contributed by atoms with E-state index in [2.05, 4.69) is 10.3 Å². The summed E-state index contributed by atoms with van der Waals surface area (Å²) in [6, 6.07) is 13.3. The number of primary amides is 1. The highest BCUT2D eigenvalue weighted by atomic mass is 35.5. The summed E-state index contributed by atoms with van der Waals surface area (Å²) in [5.41, 5.74) is 13.1. The second-order valence-electron chi connectivity index (χ2n) is 6.13. The molecule has 1 aromatic heterocycles. The minimum Gasteiger partial charge on any atom is -0.384 e. The summed E-state index contributed by atoms with van der Waals surface area (Å²) in [4.78, 5) is 28.1. The first-order valence-electron chi connectivity index (χ1n) is 8.28. The predicted octanol–water partition coefficient (Wildman–Crippen LogP) is 2.49. The smallest absolute Gasteiger partial charge is 0.223 e. The summed E-state index contributed by atoms with van der Waals surface area (Å²) < 4.78 is 0. The van der Waals surface area contributed by atoms with E-state index in [0.717, 1.165) is 11.1 Å². The fourth-order valence-electron chi connectivity index (χ4n) is 2.74. The van der Waals surface area contributed by atoms with Crippen LogP contribution in [0, 0.1) is 11.8 Å². The molecule has 0 aliphatic rings. The van der Waals surface area contributed by atoms with E-state index in [1.165, 1.54) is 0 Å². The van der Waals surface area contributed by atoms with Gasteiger partial charge in [0.05, 0.1) is 0 Å². The Hall–Kier alpha value is -2.31. The van der Waals surface area contributed by atoms with Crippen molar-refractivity contribution in [3.05, 3.63) is 59.8 Å².